The number of carbonyl (C=O) groups is 4. The molecule has 0 aromatic heterocycles. The van der Waals surface area contributed by atoms with E-state index in [0.717, 1.165) is 39.6 Å². The number of alkyl halides is 6. The average Bonchev–Trinajstić information content (AvgIpc) is 3.95. The van der Waals surface area contributed by atoms with Crippen LogP contribution < -0.4 is 25.8 Å². The van der Waals surface area contributed by atoms with E-state index in [9.17, 15) is 64.5 Å². The predicted molar refractivity (Wildman–Crippen MR) is 263 cm³/mol. The summed E-state index contributed by atoms with van der Waals surface area (Å²) in [6, 6.07) is 27.8. The van der Waals surface area contributed by atoms with E-state index < -0.39 is 69.6 Å². The molecule has 2 atom stereocenters. The predicted octanol–water partition coefficient (Wildman–Crippen LogP) is 8.51. The zero-order chi connectivity index (χ0) is 54.7. The van der Waals surface area contributed by atoms with Gasteiger partial charge in [0.15, 0.2) is 0 Å². The van der Waals surface area contributed by atoms with E-state index in [2.05, 4.69) is 16.0 Å². The Bertz CT molecular complexity index is 3170. The van der Waals surface area contributed by atoms with E-state index in [1.54, 1.807) is 36.4 Å². The van der Waals surface area contributed by atoms with Crippen LogP contribution in [0.15, 0.2) is 149 Å². The molecule has 4 aliphatic heterocycles. The van der Waals surface area contributed by atoms with E-state index in [1.165, 1.54) is 70.5 Å². The van der Waals surface area contributed by atoms with Crippen LogP contribution in [0, 0.1) is 29.6 Å². The van der Waals surface area contributed by atoms with Gasteiger partial charge in [0.2, 0.25) is 0 Å². The third kappa shape index (κ3) is 11.6. The second-order valence-corrected chi connectivity index (χ2v) is 19.3. The first-order chi connectivity index (χ1) is 36.1. The highest BCUT2D eigenvalue weighted by atomic mass is 32.2. The number of nitrogens with zero attached hydrogens (tertiary/aromatic N) is 6. The van der Waals surface area contributed by atoms with Gasteiger partial charge in [-0.25, -0.2) is 9.59 Å². The van der Waals surface area contributed by atoms with Gasteiger partial charge in [0.25, 0.3) is 21.9 Å². The summed E-state index contributed by atoms with van der Waals surface area (Å²) in [5.74, 6) is -0.830. The molecule has 0 saturated heterocycles. The Labute approximate surface area is 431 Å². The van der Waals surface area contributed by atoms with E-state index in [4.69, 9.17) is 4.55 Å². The van der Waals surface area contributed by atoms with Crippen LogP contribution in [0.3, 0.4) is 0 Å². The van der Waals surface area contributed by atoms with Crippen LogP contribution in [0.1, 0.15) is 63.9 Å². The first-order valence-corrected chi connectivity index (χ1v) is 24.9. The van der Waals surface area contributed by atoms with Crippen molar-refractivity contribution in [1.82, 2.24) is 25.8 Å². The van der Waals surface area contributed by atoms with E-state index in [-0.39, 0.29) is 65.0 Å². The highest BCUT2D eigenvalue weighted by Gasteiger charge is 2.47. The molecular formula is C53H45F6N9O7S. The summed E-state index contributed by atoms with van der Waals surface area (Å²) in [7, 11) is -4.02. The molecule has 0 saturated carbocycles. The topological polar surface area (TPSA) is 219 Å². The minimum atomic E-state index is -4.68. The molecule has 23 heteroatoms. The summed E-state index contributed by atoms with van der Waals surface area (Å²) < 4.78 is 112. The van der Waals surface area contributed by atoms with Crippen LogP contribution in [0.5, 0.6) is 0 Å². The molecule has 9 rings (SSSR count). The molecule has 0 aliphatic carbocycles. The molecule has 4 N–H and O–H groups in total. The number of urea groups is 2. The smallest absolute Gasteiger partial charge is 0.333 e. The maximum Gasteiger partial charge on any atom is 0.416 e. The second-order valence-electron chi connectivity index (χ2n) is 17.9. The molecule has 6 amide bonds. The van der Waals surface area contributed by atoms with E-state index in [1.807, 2.05) is 19.1 Å². The second kappa shape index (κ2) is 21.8. The Hall–Kier alpha value is -8.51. The quantitative estimate of drug-likeness (QED) is 0.0500. The largest absolute Gasteiger partial charge is 0.416 e. The van der Waals surface area contributed by atoms with Gasteiger partial charge >= 0.3 is 24.4 Å². The van der Waals surface area contributed by atoms with Gasteiger partial charge < -0.3 is 25.8 Å². The standard InChI is InChI=1S/C46H37F6N9O4.C7H8O3S/c47-45(48,49)31-5-1-7-33(21-31)60-35-25-58(41(62)37(35)39(56-43(60)64)29-13-9-27(23-53)10-14-29)19-3-17-55-18-4-20-59-26-36-38(42(59)63)40(30-15-11-28(24-54)12-16-30)57-44(65)61(36)34-8-2-6-32(22-34)46(50,51)52;1-6-2-4-7(5-3-6)11(8,9)10/h1-2,5-16,21-22,39-40,55H,3-4,17-20,25-26H2,(H,56,64)(H,57,65);2-5H,1H3,(H,8,9,10)/t39-,40-;/m1./s1. The van der Waals surface area contributed by atoms with Crippen molar-refractivity contribution in [3.63, 3.8) is 0 Å². The van der Waals surface area contributed by atoms with Crippen molar-refractivity contribution in [2.75, 3.05) is 49.1 Å². The molecular weight excluding hydrogens is 1020 g/mol. The fourth-order valence-electron chi connectivity index (χ4n) is 9.17. The SMILES string of the molecule is Cc1ccc(S(=O)(=O)O)cc1.N#Cc1ccc([C@H]2NC(=O)N(c3cccc(C(F)(F)F)c3)C3=C2C(=O)N(CCCNCCCN2CC4=C(C2=O)[C@@H](c2ccc(C#N)cc2)NC(=O)N4c2cccc(C(F)(F)F)c2)C3)cc1. The number of anilines is 2. The monoisotopic (exact) mass is 1070 g/mol. The van der Waals surface area contributed by atoms with Crippen molar-refractivity contribution in [1.29, 1.82) is 10.5 Å². The zero-order valence-corrected chi connectivity index (χ0v) is 40.9. The number of aryl methyl sites for hydroxylation is 1. The number of nitriles is 2. The molecule has 4 heterocycles. The zero-order valence-electron chi connectivity index (χ0n) is 40.1. The lowest BCUT2D eigenvalue weighted by Crippen LogP contribution is -2.47. The van der Waals surface area contributed by atoms with E-state index in [0.29, 0.717) is 48.2 Å². The number of nitrogens with one attached hydrogen (secondary N) is 3. The van der Waals surface area contributed by atoms with Gasteiger partial charge in [0.05, 0.1) is 98.4 Å². The van der Waals surface area contributed by atoms with Crippen LogP contribution in [0.25, 0.3) is 0 Å². The molecule has 76 heavy (non-hydrogen) atoms. The summed E-state index contributed by atoms with van der Waals surface area (Å²) in [4.78, 5) is 60.5. The first kappa shape index (κ1) is 53.8. The molecule has 0 fully saturated rings. The van der Waals surface area contributed by atoms with Crippen LogP contribution >= 0.6 is 0 Å². The van der Waals surface area contributed by atoms with Crippen molar-refractivity contribution >= 4 is 45.4 Å². The van der Waals surface area contributed by atoms with Gasteiger partial charge in [0.1, 0.15) is 0 Å². The molecule has 392 valence electrons. The van der Waals surface area contributed by atoms with Crippen LogP contribution in [-0.4, -0.2) is 85.9 Å². The maximum atomic E-state index is 14.0. The number of carbonyl (C=O) groups excluding carboxylic acids is 4. The summed E-state index contributed by atoms with van der Waals surface area (Å²) in [6.45, 7) is 2.98. The Morgan fingerprint density at radius 2 is 1.01 bits per heavy atom. The lowest BCUT2D eigenvalue weighted by atomic mass is 9.94. The van der Waals surface area contributed by atoms with Gasteiger partial charge in [-0.05, 0) is 117 Å². The summed E-state index contributed by atoms with van der Waals surface area (Å²) >= 11 is 0. The fraction of sp³-hybridized carbons (Fsp3) is 0.245. The van der Waals surface area contributed by atoms with Gasteiger partial charge in [0, 0.05) is 13.1 Å². The number of benzene rings is 5. The van der Waals surface area contributed by atoms with Gasteiger partial charge in [-0.1, -0.05) is 54.1 Å². The minimum Gasteiger partial charge on any atom is -0.333 e. The normalized spacial score (nSPS) is 17.7. The molecule has 5 aromatic rings. The number of rotatable bonds is 13. The molecule has 0 radical (unpaired) electrons. The highest BCUT2D eigenvalue weighted by Crippen LogP contribution is 2.42. The summed E-state index contributed by atoms with van der Waals surface area (Å²) in [6.07, 6.45) is -8.49. The van der Waals surface area contributed by atoms with Gasteiger partial charge in [-0.2, -0.15) is 45.3 Å². The average molecular weight is 1070 g/mol. The van der Waals surface area contributed by atoms with Crippen molar-refractivity contribution < 1.29 is 58.5 Å². The molecule has 5 aromatic carbocycles. The minimum absolute atomic E-state index is 0.0578. The highest BCUT2D eigenvalue weighted by molar-refractivity contribution is 7.85. The Balaban J connectivity index is 0.000000619. The van der Waals surface area contributed by atoms with Crippen LogP contribution in [0.4, 0.5) is 47.3 Å². The van der Waals surface area contributed by atoms with Crippen LogP contribution in [-0.2, 0) is 32.1 Å². The van der Waals surface area contributed by atoms with Crippen molar-refractivity contribution in [2.45, 2.75) is 49.1 Å². The first-order valence-electron chi connectivity index (χ1n) is 23.4. The number of halogens is 6. The van der Waals surface area contributed by atoms with Gasteiger partial charge in [-0.3, -0.25) is 23.9 Å². The van der Waals surface area contributed by atoms with Crippen molar-refractivity contribution in [3.05, 3.63) is 183 Å². The molecule has 16 nitrogen and oxygen atoms in total. The van der Waals surface area contributed by atoms with Crippen LogP contribution in [0.2, 0.25) is 0 Å². The lowest BCUT2D eigenvalue weighted by Gasteiger charge is -2.34. The number of hydrogen-bond acceptors (Lipinski definition) is 9. The Kier molecular flexibility index (Phi) is 15.4. The third-order valence-electron chi connectivity index (χ3n) is 12.9. The van der Waals surface area contributed by atoms with Crippen molar-refractivity contribution in [3.8, 4) is 12.1 Å². The Morgan fingerprint density at radius 3 is 1.37 bits per heavy atom. The maximum absolute atomic E-state index is 14.0. The molecule has 0 unspecified atom stereocenters. The third-order valence-corrected chi connectivity index (χ3v) is 13.8. The molecule has 4 aliphatic rings. The fourth-order valence-corrected chi connectivity index (χ4v) is 9.65. The summed E-state index contributed by atoms with van der Waals surface area (Å²) in [5, 5.41) is 27.4. The molecule has 0 spiro atoms. The van der Waals surface area contributed by atoms with Gasteiger partial charge in [-0.15, -0.1) is 0 Å². The lowest BCUT2D eigenvalue weighted by molar-refractivity contribution is -0.138. The summed E-state index contributed by atoms with van der Waals surface area (Å²) in [5.41, 5.74) is 1.47. The van der Waals surface area contributed by atoms with E-state index >= 15 is 0 Å². The molecule has 0 bridgehead atoms. The Morgan fingerprint density at radius 1 is 0.618 bits per heavy atom. The number of hydrogen-bond donors (Lipinski definition) is 4. The van der Waals surface area contributed by atoms with Crippen molar-refractivity contribution in [2.24, 2.45) is 0 Å². The number of amides is 6.